The van der Waals surface area contributed by atoms with Gasteiger partial charge in [-0.2, -0.15) is 0 Å². The van der Waals surface area contributed by atoms with E-state index in [0.29, 0.717) is 5.56 Å². The van der Waals surface area contributed by atoms with Gasteiger partial charge in [-0.25, -0.2) is 0 Å². The van der Waals surface area contributed by atoms with Gasteiger partial charge in [0.05, 0.1) is 4.92 Å². The number of nitrogens with zero attached hydrogens (tertiary/aromatic N) is 1. The third-order valence-electron chi connectivity index (χ3n) is 3.11. The number of carbonyl (C=O) groups is 1. The van der Waals surface area contributed by atoms with Crippen molar-refractivity contribution < 1.29 is 9.72 Å². The lowest BCUT2D eigenvalue weighted by Gasteiger charge is -2.09. The van der Waals surface area contributed by atoms with Crippen molar-refractivity contribution in [1.82, 2.24) is 0 Å². The molecule has 0 aliphatic carbocycles. The fraction of sp³-hybridized carbons (Fsp3) is 0.133. The number of hydrogen-bond donors (Lipinski definition) is 1. The molecule has 0 aliphatic heterocycles. The first-order valence-electron chi connectivity index (χ1n) is 6.21. The van der Waals surface area contributed by atoms with Crippen molar-refractivity contribution in [3.63, 3.8) is 0 Å². The highest BCUT2D eigenvalue weighted by molar-refractivity contribution is 9.10. The Labute approximate surface area is 130 Å². The molecule has 0 unspecified atom stereocenters. The molecule has 0 aliphatic rings. The topological polar surface area (TPSA) is 72.2 Å². The Kier molecular flexibility index (Phi) is 4.37. The van der Waals surface area contributed by atoms with Gasteiger partial charge < -0.3 is 5.32 Å². The lowest BCUT2D eigenvalue weighted by atomic mass is 10.1. The van der Waals surface area contributed by atoms with Crippen LogP contribution in [0, 0.1) is 24.0 Å². The SMILES string of the molecule is Cc1ccc(NC(=O)c2cccc(Br)c2C)c([N+](=O)[O-])c1. The van der Waals surface area contributed by atoms with E-state index >= 15 is 0 Å². The zero-order chi connectivity index (χ0) is 15.6. The largest absolute Gasteiger partial charge is 0.316 e. The Morgan fingerprint density at radius 1 is 1.24 bits per heavy atom. The number of halogens is 1. The maximum absolute atomic E-state index is 12.3. The number of amides is 1. The lowest BCUT2D eigenvalue weighted by Crippen LogP contribution is -2.14. The molecule has 0 aromatic heterocycles. The second kappa shape index (κ2) is 6.05. The average Bonchev–Trinajstić information content (AvgIpc) is 2.43. The Hall–Kier alpha value is -2.21. The second-order valence-electron chi connectivity index (χ2n) is 4.64. The molecule has 0 saturated heterocycles. The minimum Gasteiger partial charge on any atom is -0.316 e. The molecule has 2 rings (SSSR count). The van der Waals surface area contributed by atoms with Crippen molar-refractivity contribution in [3.05, 3.63) is 67.7 Å². The van der Waals surface area contributed by atoms with E-state index in [4.69, 9.17) is 0 Å². The molecule has 2 aromatic carbocycles. The molecule has 6 heteroatoms. The normalized spacial score (nSPS) is 10.2. The van der Waals surface area contributed by atoms with E-state index in [1.165, 1.54) is 6.07 Å². The molecular formula is C15H13BrN2O3. The van der Waals surface area contributed by atoms with Crippen molar-refractivity contribution >= 4 is 33.2 Å². The second-order valence-corrected chi connectivity index (χ2v) is 5.50. The molecule has 0 bridgehead atoms. The van der Waals surface area contributed by atoms with E-state index < -0.39 is 4.92 Å². The molecule has 0 fully saturated rings. The van der Waals surface area contributed by atoms with E-state index in [-0.39, 0.29) is 17.3 Å². The number of anilines is 1. The Bertz CT molecular complexity index is 729. The molecular weight excluding hydrogens is 336 g/mol. The predicted octanol–water partition coefficient (Wildman–Crippen LogP) is 4.23. The summed E-state index contributed by atoms with van der Waals surface area (Å²) in [6, 6.07) is 9.95. The minimum absolute atomic E-state index is 0.115. The number of rotatable bonds is 3. The zero-order valence-electron chi connectivity index (χ0n) is 11.5. The van der Waals surface area contributed by atoms with Gasteiger partial charge >= 0.3 is 0 Å². The summed E-state index contributed by atoms with van der Waals surface area (Å²) in [6.07, 6.45) is 0. The van der Waals surface area contributed by atoms with E-state index in [9.17, 15) is 14.9 Å². The van der Waals surface area contributed by atoms with Gasteiger partial charge in [-0.15, -0.1) is 0 Å². The molecule has 0 atom stereocenters. The lowest BCUT2D eigenvalue weighted by molar-refractivity contribution is -0.384. The summed E-state index contributed by atoms with van der Waals surface area (Å²) in [5.41, 5.74) is 2.09. The van der Waals surface area contributed by atoms with Gasteiger partial charge in [0.15, 0.2) is 0 Å². The van der Waals surface area contributed by atoms with Crippen LogP contribution in [0.1, 0.15) is 21.5 Å². The summed E-state index contributed by atoms with van der Waals surface area (Å²) in [6.45, 7) is 3.57. The zero-order valence-corrected chi connectivity index (χ0v) is 13.1. The van der Waals surface area contributed by atoms with Crippen LogP contribution in [0.4, 0.5) is 11.4 Å². The summed E-state index contributed by atoms with van der Waals surface area (Å²) < 4.78 is 0.813. The Balaban J connectivity index is 2.36. The number of nitro groups is 1. The third-order valence-corrected chi connectivity index (χ3v) is 3.97. The van der Waals surface area contributed by atoms with Crippen LogP contribution in [0.2, 0.25) is 0 Å². The minimum atomic E-state index is -0.504. The van der Waals surface area contributed by atoms with Crippen LogP contribution in [-0.4, -0.2) is 10.8 Å². The molecule has 0 radical (unpaired) electrons. The molecule has 0 saturated carbocycles. The van der Waals surface area contributed by atoms with Crippen LogP contribution in [-0.2, 0) is 0 Å². The number of hydrogen-bond acceptors (Lipinski definition) is 3. The molecule has 0 spiro atoms. The molecule has 1 N–H and O–H groups in total. The Morgan fingerprint density at radius 2 is 1.95 bits per heavy atom. The van der Waals surface area contributed by atoms with Crippen molar-refractivity contribution in [1.29, 1.82) is 0 Å². The van der Waals surface area contributed by atoms with Gasteiger partial charge in [0.2, 0.25) is 0 Å². The van der Waals surface area contributed by atoms with Crippen LogP contribution < -0.4 is 5.32 Å². The number of carbonyl (C=O) groups excluding carboxylic acids is 1. The summed E-state index contributed by atoms with van der Waals surface area (Å²) in [5, 5.41) is 13.7. The van der Waals surface area contributed by atoms with Gasteiger partial charge in [0.25, 0.3) is 11.6 Å². The molecule has 0 heterocycles. The van der Waals surface area contributed by atoms with E-state index in [0.717, 1.165) is 15.6 Å². The molecule has 5 nitrogen and oxygen atoms in total. The third kappa shape index (κ3) is 3.28. The maximum Gasteiger partial charge on any atom is 0.293 e. The van der Waals surface area contributed by atoms with Gasteiger partial charge in [-0.1, -0.05) is 28.1 Å². The van der Waals surface area contributed by atoms with E-state index in [2.05, 4.69) is 21.2 Å². The molecule has 21 heavy (non-hydrogen) atoms. The summed E-state index contributed by atoms with van der Waals surface area (Å²) in [7, 11) is 0. The predicted molar refractivity (Wildman–Crippen MR) is 84.7 cm³/mol. The fourth-order valence-electron chi connectivity index (χ4n) is 1.94. The molecule has 1 amide bonds. The summed E-state index contributed by atoms with van der Waals surface area (Å²) >= 11 is 3.36. The van der Waals surface area contributed by atoms with Gasteiger partial charge in [-0.3, -0.25) is 14.9 Å². The van der Waals surface area contributed by atoms with Crippen LogP contribution in [0.15, 0.2) is 40.9 Å². The summed E-state index contributed by atoms with van der Waals surface area (Å²) in [5.74, 6) is -0.374. The van der Waals surface area contributed by atoms with Crippen LogP contribution in [0.5, 0.6) is 0 Å². The highest BCUT2D eigenvalue weighted by atomic mass is 79.9. The van der Waals surface area contributed by atoms with Gasteiger partial charge in [0, 0.05) is 16.1 Å². The number of aryl methyl sites for hydroxylation is 1. The highest BCUT2D eigenvalue weighted by Crippen LogP contribution is 2.27. The smallest absolute Gasteiger partial charge is 0.293 e. The summed E-state index contributed by atoms with van der Waals surface area (Å²) in [4.78, 5) is 22.8. The van der Waals surface area contributed by atoms with Crippen molar-refractivity contribution in [3.8, 4) is 0 Å². The first-order chi connectivity index (χ1) is 9.90. The average molecular weight is 349 g/mol. The molecule has 108 valence electrons. The van der Waals surface area contributed by atoms with Crippen LogP contribution >= 0.6 is 15.9 Å². The number of benzene rings is 2. The fourth-order valence-corrected chi connectivity index (χ4v) is 2.31. The van der Waals surface area contributed by atoms with E-state index in [1.807, 2.05) is 13.0 Å². The standard InChI is InChI=1S/C15H13BrN2O3/c1-9-6-7-13(14(8-9)18(20)21)17-15(19)11-4-3-5-12(16)10(11)2/h3-8H,1-2H3,(H,17,19). The van der Waals surface area contributed by atoms with Crippen molar-refractivity contribution in [2.75, 3.05) is 5.32 Å². The van der Waals surface area contributed by atoms with Crippen molar-refractivity contribution in [2.45, 2.75) is 13.8 Å². The highest BCUT2D eigenvalue weighted by Gasteiger charge is 2.18. The van der Waals surface area contributed by atoms with Crippen molar-refractivity contribution in [2.24, 2.45) is 0 Å². The van der Waals surface area contributed by atoms with Gasteiger partial charge in [0.1, 0.15) is 5.69 Å². The number of nitro benzene ring substituents is 1. The molecule has 2 aromatic rings. The van der Waals surface area contributed by atoms with Crippen LogP contribution in [0.25, 0.3) is 0 Å². The Morgan fingerprint density at radius 3 is 2.62 bits per heavy atom. The quantitative estimate of drug-likeness (QED) is 0.666. The van der Waals surface area contributed by atoms with Gasteiger partial charge in [-0.05, 0) is 43.2 Å². The first-order valence-corrected chi connectivity index (χ1v) is 7.01. The monoisotopic (exact) mass is 348 g/mol. The first kappa shape index (κ1) is 15.2. The maximum atomic E-state index is 12.3. The number of nitrogens with one attached hydrogen (secondary N) is 1. The van der Waals surface area contributed by atoms with Crippen LogP contribution in [0.3, 0.4) is 0 Å². The van der Waals surface area contributed by atoms with E-state index in [1.54, 1.807) is 31.2 Å².